The lowest BCUT2D eigenvalue weighted by atomic mass is 9.70. The van der Waals surface area contributed by atoms with Gasteiger partial charge in [0.05, 0.1) is 28.6 Å². The zero-order chi connectivity index (χ0) is 26.2. The number of carbonyl (C=O) groups is 3. The second kappa shape index (κ2) is 10.4. The first-order valence-electron chi connectivity index (χ1n) is 12.4. The number of aryl methyl sites for hydroxylation is 1. The summed E-state index contributed by atoms with van der Waals surface area (Å²) in [4.78, 5) is 46.3. The van der Waals surface area contributed by atoms with Crippen molar-refractivity contribution in [3.63, 3.8) is 0 Å². The molecule has 0 aliphatic carbocycles. The van der Waals surface area contributed by atoms with Crippen LogP contribution in [0.1, 0.15) is 24.8 Å². The summed E-state index contributed by atoms with van der Waals surface area (Å²) in [5.41, 5.74) is 0.260. The van der Waals surface area contributed by atoms with Crippen molar-refractivity contribution in [2.45, 2.75) is 43.9 Å². The lowest BCUT2D eigenvalue weighted by Gasteiger charge is -2.37. The summed E-state index contributed by atoms with van der Waals surface area (Å²) in [5, 5.41) is 9.94. The van der Waals surface area contributed by atoms with Gasteiger partial charge in [0.1, 0.15) is 11.6 Å². The second-order valence-corrected chi connectivity index (χ2v) is 10.2. The minimum atomic E-state index is -1.11. The van der Waals surface area contributed by atoms with Crippen molar-refractivity contribution >= 4 is 35.0 Å². The quantitative estimate of drug-likeness (QED) is 0.484. The number of nitrogens with zero attached hydrogens (tertiary/aromatic N) is 3. The fraction of sp³-hybridized carbons (Fsp3) is 0.519. The third-order valence-corrected chi connectivity index (χ3v) is 8.00. The second-order valence-electron chi connectivity index (χ2n) is 9.82. The highest BCUT2D eigenvalue weighted by molar-refractivity contribution is 6.34. The Morgan fingerprint density at radius 3 is 2.64 bits per heavy atom. The van der Waals surface area contributed by atoms with Crippen LogP contribution in [0, 0.1) is 18.8 Å². The van der Waals surface area contributed by atoms with Crippen LogP contribution in [0.5, 0.6) is 0 Å². The highest BCUT2D eigenvalue weighted by atomic mass is 35.5. The zero-order valence-electron chi connectivity index (χ0n) is 20.9. The number of ether oxygens (including phenoxy) is 1. The summed E-state index contributed by atoms with van der Waals surface area (Å²) in [5.74, 6) is -2.21. The maximum absolute atomic E-state index is 14.4. The predicted octanol–water partition coefficient (Wildman–Crippen LogP) is 2.57. The molecule has 0 saturated carbocycles. The Kier molecular flexibility index (Phi) is 7.59. The number of aliphatic hydroxyl groups excluding tert-OH is 1. The number of likely N-dealkylation sites (tertiary alicyclic amines) is 1. The molecular formula is C27H34ClN3O5. The molecule has 2 unspecified atom stereocenters. The molecule has 1 N–H and O–H groups in total. The van der Waals surface area contributed by atoms with Gasteiger partial charge in [-0.3, -0.25) is 14.4 Å². The number of anilines is 1. The fourth-order valence-electron chi connectivity index (χ4n) is 6.27. The Bertz CT molecular complexity index is 1060. The molecule has 3 fully saturated rings. The molecule has 194 valence electrons. The highest BCUT2D eigenvalue weighted by Crippen LogP contribution is 2.59. The van der Waals surface area contributed by atoms with Gasteiger partial charge in [0.2, 0.25) is 11.8 Å². The molecule has 1 aromatic rings. The number of hydrogen-bond acceptors (Lipinski definition) is 5. The van der Waals surface area contributed by atoms with E-state index in [-0.39, 0.29) is 37.4 Å². The van der Waals surface area contributed by atoms with Gasteiger partial charge in [-0.2, -0.15) is 0 Å². The largest absolute Gasteiger partial charge is 0.396 e. The minimum absolute atomic E-state index is 0.129. The summed E-state index contributed by atoms with van der Waals surface area (Å²) in [6.45, 7) is 10.00. The number of carbonyl (C=O) groups excluding carboxylic acids is 3. The third kappa shape index (κ3) is 4.05. The molecule has 3 aliphatic heterocycles. The summed E-state index contributed by atoms with van der Waals surface area (Å²) < 4.78 is 6.48. The highest BCUT2D eigenvalue weighted by Gasteiger charge is 2.74. The van der Waals surface area contributed by atoms with E-state index in [1.54, 1.807) is 35.1 Å². The fourth-order valence-corrected chi connectivity index (χ4v) is 6.59. The topological polar surface area (TPSA) is 90.4 Å². The summed E-state index contributed by atoms with van der Waals surface area (Å²) in [6.07, 6.45) is 4.23. The van der Waals surface area contributed by atoms with E-state index in [4.69, 9.17) is 16.3 Å². The van der Waals surface area contributed by atoms with Crippen LogP contribution in [-0.4, -0.2) is 83.7 Å². The maximum Gasteiger partial charge on any atom is 0.253 e. The number of benzene rings is 1. The lowest BCUT2D eigenvalue weighted by Crippen LogP contribution is -2.57. The molecule has 3 amide bonds. The van der Waals surface area contributed by atoms with Crippen molar-refractivity contribution < 1.29 is 24.2 Å². The Labute approximate surface area is 217 Å². The van der Waals surface area contributed by atoms with E-state index >= 15 is 0 Å². The Morgan fingerprint density at radius 2 is 2.00 bits per heavy atom. The van der Waals surface area contributed by atoms with Crippen LogP contribution in [0.15, 0.2) is 43.5 Å². The number of aliphatic hydroxyl groups is 1. The Balaban J connectivity index is 1.79. The SMILES string of the molecule is C=CCN(C)C(=O)[C@@H]1[C@H]2C(=O)N(CCCO)C(C(=O)N(CC=C)c3c(C)cccc3Cl)C23CC[C@H]1O3. The maximum atomic E-state index is 14.4. The molecule has 3 saturated heterocycles. The van der Waals surface area contributed by atoms with Crippen molar-refractivity contribution in [2.75, 3.05) is 38.2 Å². The number of fused-ring (bicyclic) bond motifs is 1. The summed E-state index contributed by atoms with van der Waals surface area (Å²) in [7, 11) is 1.68. The molecule has 4 rings (SSSR count). The van der Waals surface area contributed by atoms with Crippen molar-refractivity contribution in [1.29, 1.82) is 0 Å². The lowest BCUT2D eigenvalue weighted by molar-refractivity contribution is -0.144. The van der Waals surface area contributed by atoms with Crippen molar-refractivity contribution in [3.8, 4) is 0 Å². The molecule has 3 aliphatic rings. The predicted molar refractivity (Wildman–Crippen MR) is 138 cm³/mol. The van der Waals surface area contributed by atoms with Crippen molar-refractivity contribution in [3.05, 3.63) is 54.1 Å². The smallest absolute Gasteiger partial charge is 0.253 e. The minimum Gasteiger partial charge on any atom is -0.396 e. The molecule has 3 heterocycles. The van der Waals surface area contributed by atoms with E-state index in [2.05, 4.69) is 13.2 Å². The molecule has 2 bridgehead atoms. The van der Waals surface area contributed by atoms with E-state index < -0.39 is 29.6 Å². The van der Waals surface area contributed by atoms with E-state index in [1.807, 2.05) is 19.1 Å². The van der Waals surface area contributed by atoms with Gasteiger partial charge in [-0.05, 0) is 37.8 Å². The first-order chi connectivity index (χ1) is 17.2. The molecular weight excluding hydrogens is 482 g/mol. The van der Waals surface area contributed by atoms with Gasteiger partial charge in [-0.15, -0.1) is 13.2 Å². The van der Waals surface area contributed by atoms with Crippen molar-refractivity contribution in [2.24, 2.45) is 11.8 Å². The Hall–Kier alpha value is -2.68. The van der Waals surface area contributed by atoms with Crippen LogP contribution in [0.3, 0.4) is 0 Å². The average Bonchev–Trinajstić information content (AvgIpc) is 3.48. The third-order valence-electron chi connectivity index (χ3n) is 7.69. The van der Waals surface area contributed by atoms with Gasteiger partial charge < -0.3 is 24.5 Å². The molecule has 1 spiro atoms. The number of amides is 3. The zero-order valence-corrected chi connectivity index (χ0v) is 21.6. The number of rotatable bonds is 10. The van der Waals surface area contributed by atoms with Crippen LogP contribution < -0.4 is 4.90 Å². The van der Waals surface area contributed by atoms with Gasteiger partial charge in [0.15, 0.2) is 0 Å². The monoisotopic (exact) mass is 515 g/mol. The van der Waals surface area contributed by atoms with Crippen LogP contribution in [0.4, 0.5) is 5.69 Å². The number of hydrogen-bond donors (Lipinski definition) is 1. The molecule has 8 nitrogen and oxygen atoms in total. The van der Waals surface area contributed by atoms with Gasteiger partial charge in [-0.1, -0.05) is 35.9 Å². The van der Waals surface area contributed by atoms with Gasteiger partial charge in [0.25, 0.3) is 5.91 Å². The van der Waals surface area contributed by atoms with E-state index in [0.29, 0.717) is 36.5 Å². The molecule has 0 radical (unpaired) electrons. The summed E-state index contributed by atoms with van der Waals surface area (Å²) >= 11 is 6.55. The van der Waals surface area contributed by atoms with Gasteiger partial charge >= 0.3 is 0 Å². The van der Waals surface area contributed by atoms with Crippen LogP contribution >= 0.6 is 11.6 Å². The van der Waals surface area contributed by atoms with Crippen molar-refractivity contribution in [1.82, 2.24) is 9.80 Å². The van der Waals surface area contributed by atoms with Gasteiger partial charge in [0, 0.05) is 33.3 Å². The van der Waals surface area contributed by atoms with Crippen LogP contribution in [0.25, 0.3) is 0 Å². The molecule has 1 aromatic carbocycles. The Morgan fingerprint density at radius 1 is 1.28 bits per heavy atom. The molecule has 36 heavy (non-hydrogen) atoms. The van der Waals surface area contributed by atoms with Gasteiger partial charge in [-0.25, -0.2) is 0 Å². The van der Waals surface area contributed by atoms with Crippen LogP contribution in [-0.2, 0) is 19.1 Å². The molecule has 9 heteroatoms. The first kappa shape index (κ1) is 26.4. The molecule has 5 atom stereocenters. The number of para-hydroxylation sites is 1. The van der Waals surface area contributed by atoms with E-state index in [1.165, 1.54) is 4.90 Å². The normalized spacial score (nSPS) is 28.2. The average molecular weight is 516 g/mol. The first-order valence-corrected chi connectivity index (χ1v) is 12.7. The summed E-state index contributed by atoms with van der Waals surface area (Å²) in [6, 6.07) is 4.47. The van der Waals surface area contributed by atoms with E-state index in [0.717, 1.165) is 5.56 Å². The standard InChI is InChI=1S/C27H34ClN3O5/c1-5-13-29(4)24(33)20-19-11-12-27(36-19)21(20)25(34)31(15-8-16-32)23(27)26(35)30(14-6-2)22-17(3)9-7-10-18(22)28/h5-7,9-10,19-21,23,32H,1-2,8,11-16H2,3-4H3/t19-,20+,21+,23?,27?/m1/s1. The number of likely N-dealkylation sites (N-methyl/N-ethyl adjacent to an activating group) is 1. The number of halogens is 1. The van der Waals surface area contributed by atoms with Crippen LogP contribution in [0.2, 0.25) is 5.02 Å². The molecule has 0 aromatic heterocycles. The van der Waals surface area contributed by atoms with E-state index in [9.17, 15) is 19.5 Å².